The van der Waals surface area contributed by atoms with Crippen molar-refractivity contribution in [2.75, 3.05) is 31.1 Å². The van der Waals surface area contributed by atoms with Gasteiger partial charge >= 0.3 is 12.3 Å². The number of carbonyl (C=O) groups is 2. The molecule has 21 heavy (non-hydrogen) atoms. The van der Waals surface area contributed by atoms with Gasteiger partial charge in [0.15, 0.2) is 6.29 Å². The van der Waals surface area contributed by atoms with Crippen LogP contribution in [0, 0.1) is 0 Å². The fourth-order valence-corrected chi connectivity index (χ4v) is 2.23. The number of halogens is 3. The summed E-state index contributed by atoms with van der Waals surface area (Å²) in [5.74, 6) is 0. The minimum atomic E-state index is -4.49. The van der Waals surface area contributed by atoms with Crippen molar-refractivity contribution < 1.29 is 27.9 Å². The molecule has 8 heteroatoms. The van der Waals surface area contributed by atoms with E-state index in [1.807, 2.05) is 0 Å². The van der Waals surface area contributed by atoms with Crippen LogP contribution in [-0.4, -0.2) is 48.6 Å². The zero-order valence-corrected chi connectivity index (χ0v) is 10.9. The number of piperazine rings is 1. The van der Waals surface area contributed by atoms with E-state index in [0.717, 1.165) is 18.2 Å². The number of alkyl halides is 3. The van der Waals surface area contributed by atoms with Crippen molar-refractivity contribution in [3.63, 3.8) is 0 Å². The van der Waals surface area contributed by atoms with Crippen LogP contribution < -0.4 is 4.90 Å². The molecule has 5 nitrogen and oxygen atoms in total. The molecule has 0 bridgehead atoms. The zero-order chi connectivity index (χ0) is 15.6. The molecular formula is C13H13F3N2O3. The predicted octanol–water partition coefficient (Wildman–Crippen LogP) is 2.32. The Balaban J connectivity index is 2.26. The average Bonchev–Trinajstić information content (AvgIpc) is 2.45. The molecule has 1 saturated heterocycles. The summed E-state index contributed by atoms with van der Waals surface area (Å²) < 4.78 is 38.2. The first-order chi connectivity index (χ1) is 9.82. The highest BCUT2D eigenvalue weighted by atomic mass is 19.4. The van der Waals surface area contributed by atoms with Crippen LogP contribution in [0.3, 0.4) is 0 Å². The highest BCUT2D eigenvalue weighted by molar-refractivity contribution is 5.85. The summed E-state index contributed by atoms with van der Waals surface area (Å²) in [6.07, 6.45) is -5.05. The number of amides is 1. The second-order valence-electron chi connectivity index (χ2n) is 4.65. The van der Waals surface area contributed by atoms with E-state index >= 15 is 0 Å². The van der Waals surface area contributed by atoms with Crippen molar-refractivity contribution in [3.05, 3.63) is 29.3 Å². The Morgan fingerprint density at radius 1 is 1.19 bits per heavy atom. The van der Waals surface area contributed by atoms with Crippen molar-refractivity contribution in [2.24, 2.45) is 0 Å². The summed E-state index contributed by atoms with van der Waals surface area (Å²) in [6, 6.07) is 2.93. The lowest BCUT2D eigenvalue weighted by atomic mass is 10.1. The minimum Gasteiger partial charge on any atom is -0.465 e. The fourth-order valence-electron chi connectivity index (χ4n) is 2.23. The number of benzene rings is 1. The highest BCUT2D eigenvalue weighted by Gasteiger charge is 2.32. The molecule has 1 aliphatic rings. The second-order valence-corrected chi connectivity index (χ2v) is 4.65. The van der Waals surface area contributed by atoms with Crippen molar-refractivity contribution in [3.8, 4) is 0 Å². The van der Waals surface area contributed by atoms with Crippen molar-refractivity contribution in [1.29, 1.82) is 0 Å². The van der Waals surface area contributed by atoms with Crippen LogP contribution in [0.25, 0.3) is 0 Å². The van der Waals surface area contributed by atoms with Crippen LogP contribution >= 0.6 is 0 Å². The SMILES string of the molecule is O=Cc1ccc(C(F)(F)F)cc1N1CCN(C(=O)O)CC1. The summed E-state index contributed by atoms with van der Waals surface area (Å²) >= 11 is 0. The third-order valence-electron chi connectivity index (χ3n) is 3.38. The van der Waals surface area contributed by atoms with Crippen LogP contribution in [0.2, 0.25) is 0 Å². The average molecular weight is 302 g/mol. The lowest BCUT2D eigenvalue weighted by molar-refractivity contribution is -0.137. The van der Waals surface area contributed by atoms with E-state index < -0.39 is 17.8 Å². The van der Waals surface area contributed by atoms with Crippen LogP contribution in [0.15, 0.2) is 18.2 Å². The standard InChI is InChI=1S/C13H13F3N2O3/c14-13(15,16)10-2-1-9(8-19)11(7-10)17-3-5-18(6-4-17)12(20)21/h1-2,7-8H,3-6H2,(H,20,21). The number of aldehydes is 1. The Labute approximate surface area is 118 Å². The Bertz CT molecular complexity index is 552. The van der Waals surface area contributed by atoms with Crippen molar-refractivity contribution in [2.45, 2.75) is 6.18 Å². The maximum atomic E-state index is 12.7. The summed E-state index contributed by atoms with van der Waals surface area (Å²) in [6.45, 7) is 0.858. The largest absolute Gasteiger partial charge is 0.465 e. The maximum absolute atomic E-state index is 12.7. The number of carbonyl (C=O) groups excluding carboxylic acids is 1. The van der Waals surface area contributed by atoms with Gasteiger partial charge in [-0.1, -0.05) is 0 Å². The van der Waals surface area contributed by atoms with Crippen molar-refractivity contribution >= 4 is 18.1 Å². The van der Waals surface area contributed by atoms with Crippen LogP contribution in [0.1, 0.15) is 15.9 Å². The van der Waals surface area contributed by atoms with Gasteiger partial charge in [0.1, 0.15) is 0 Å². The van der Waals surface area contributed by atoms with E-state index in [1.54, 1.807) is 4.90 Å². The van der Waals surface area contributed by atoms with Gasteiger partial charge in [0.25, 0.3) is 0 Å². The quantitative estimate of drug-likeness (QED) is 0.852. The Kier molecular flexibility index (Phi) is 4.06. The normalized spacial score (nSPS) is 16.0. The molecule has 2 rings (SSSR count). The molecular weight excluding hydrogens is 289 g/mol. The molecule has 0 atom stereocenters. The van der Waals surface area contributed by atoms with E-state index in [2.05, 4.69) is 0 Å². The van der Waals surface area contributed by atoms with Gasteiger partial charge in [-0.25, -0.2) is 4.79 Å². The van der Waals surface area contributed by atoms with Gasteiger partial charge in [-0.15, -0.1) is 0 Å². The molecule has 1 N–H and O–H groups in total. The molecule has 0 saturated carbocycles. The van der Waals surface area contributed by atoms with E-state index in [4.69, 9.17) is 5.11 Å². The summed E-state index contributed by atoms with van der Waals surface area (Å²) in [5, 5.41) is 8.85. The van der Waals surface area contributed by atoms with Gasteiger partial charge in [0, 0.05) is 37.4 Å². The summed E-state index contributed by atoms with van der Waals surface area (Å²) in [5.41, 5.74) is -0.486. The van der Waals surface area contributed by atoms with Gasteiger partial charge in [-0.3, -0.25) is 4.79 Å². The molecule has 1 amide bonds. The topological polar surface area (TPSA) is 60.9 Å². The Hall–Kier alpha value is -2.25. The molecule has 0 unspecified atom stereocenters. The molecule has 0 aromatic heterocycles. The van der Waals surface area contributed by atoms with Gasteiger partial charge in [-0.2, -0.15) is 13.2 Å². The van der Waals surface area contributed by atoms with Gasteiger partial charge < -0.3 is 14.9 Å². The van der Waals surface area contributed by atoms with Gasteiger partial charge in [-0.05, 0) is 18.2 Å². The molecule has 114 valence electrons. The number of carboxylic acid groups (broad SMARTS) is 1. The third kappa shape index (κ3) is 3.26. The highest BCUT2D eigenvalue weighted by Crippen LogP contribution is 2.33. The lowest BCUT2D eigenvalue weighted by Crippen LogP contribution is -2.48. The predicted molar refractivity (Wildman–Crippen MR) is 68.6 cm³/mol. The van der Waals surface area contributed by atoms with Crippen LogP contribution in [-0.2, 0) is 6.18 Å². The number of nitrogens with zero attached hydrogens (tertiary/aromatic N) is 2. The van der Waals surface area contributed by atoms with Crippen molar-refractivity contribution in [1.82, 2.24) is 4.90 Å². The number of hydrogen-bond acceptors (Lipinski definition) is 3. The Morgan fingerprint density at radius 2 is 1.81 bits per heavy atom. The molecule has 1 aromatic carbocycles. The van der Waals surface area contributed by atoms with E-state index in [0.29, 0.717) is 6.29 Å². The first-order valence-corrected chi connectivity index (χ1v) is 6.22. The van der Waals surface area contributed by atoms with E-state index in [9.17, 15) is 22.8 Å². The van der Waals surface area contributed by atoms with Crippen LogP contribution in [0.5, 0.6) is 0 Å². The number of hydrogen-bond donors (Lipinski definition) is 1. The summed E-state index contributed by atoms with van der Waals surface area (Å²) in [7, 11) is 0. The van der Waals surface area contributed by atoms with Crippen LogP contribution in [0.4, 0.5) is 23.7 Å². The van der Waals surface area contributed by atoms with E-state index in [1.165, 1.54) is 4.90 Å². The fraction of sp³-hybridized carbons (Fsp3) is 0.385. The molecule has 1 heterocycles. The zero-order valence-electron chi connectivity index (χ0n) is 10.9. The number of anilines is 1. The first kappa shape index (κ1) is 15.1. The maximum Gasteiger partial charge on any atom is 0.416 e. The summed E-state index contributed by atoms with van der Waals surface area (Å²) in [4.78, 5) is 24.6. The molecule has 1 fully saturated rings. The number of rotatable bonds is 2. The molecule has 1 aliphatic heterocycles. The molecule has 0 spiro atoms. The molecule has 0 radical (unpaired) electrons. The molecule has 0 aliphatic carbocycles. The minimum absolute atomic E-state index is 0.159. The molecule has 1 aromatic rings. The van der Waals surface area contributed by atoms with Gasteiger partial charge in [0.2, 0.25) is 0 Å². The van der Waals surface area contributed by atoms with E-state index in [-0.39, 0.29) is 37.4 Å². The lowest BCUT2D eigenvalue weighted by Gasteiger charge is -2.35. The third-order valence-corrected chi connectivity index (χ3v) is 3.38. The first-order valence-electron chi connectivity index (χ1n) is 6.22. The van der Waals surface area contributed by atoms with Gasteiger partial charge in [0.05, 0.1) is 5.56 Å². The smallest absolute Gasteiger partial charge is 0.416 e. The second kappa shape index (κ2) is 5.63. The monoisotopic (exact) mass is 302 g/mol. The Morgan fingerprint density at radius 3 is 2.29 bits per heavy atom.